The van der Waals surface area contributed by atoms with Crippen LogP contribution in [-0.2, 0) is 9.53 Å². The van der Waals surface area contributed by atoms with Gasteiger partial charge in [0.15, 0.2) is 12.6 Å². The number of rotatable bonds is 4. The highest BCUT2D eigenvalue weighted by Gasteiger charge is 2.46. The molecule has 1 aromatic rings. The minimum Gasteiger partial charge on any atom is -0.455 e. The minimum absolute atomic E-state index is 0.0874. The van der Waals surface area contributed by atoms with Crippen LogP contribution in [0, 0.1) is 19.8 Å². The van der Waals surface area contributed by atoms with Crippen molar-refractivity contribution in [3.63, 3.8) is 0 Å². The van der Waals surface area contributed by atoms with Gasteiger partial charge >= 0.3 is 6.18 Å². The van der Waals surface area contributed by atoms with Gasteiger partial charge in [0.05, 0.1) is 0 Å². The van der Waals surface area contributed by atoms with E-state index in [4.69, 9.17) is 4.74 Å². The predicted octanol–water partition coefficient (Wildman–Crippen LogP) is 3.32. The van der Waals surface area contributed by atoms with E-state index in [1.807, 2.05) is 26.0 Å². The van der Waals surface area contributed by atoms with E-state index in [0.29, 0.717) is 5.69 Å². The van der Waals surface area contributed by atoms with E-state index in [2.05, 4.69) is 15.6 Å². The summed E-state index contributed by atoms with van der Waals surface area (Å²) in [4.78, 5) is 15.6. The molecule has 0 aromatic heterocycles. The molecule has 142 valence electrons. The number of aliphatic imine (C=N–C) groups is 1. The lowest BCUT2D eigenvalue weighted by Gasteiger charge is -2.30. The first-order valence-electron chi connectivity index (χ1n) is 8.63. The number of benzene rings is 1. The van der Waals surface area contributed by atoms with Crippen molar-refractivity contribution in [1.29, 1.82) is 0 Å². The summed E-state index contributed by atoms with van der Waals surface area (Å²) in [6, 6.07) is 3.17. The second-order valence-electron chi connectivity index (χ2n) is 6.95. The van der Waals surface area contributed by atoms with Crippen LogP contribution in [0.4, 0.5) is 18.9 Å². The molecule has 1 amide bonds. The predicted molar refractivity (Wildman–Crippen MR) is 92.0 cm³/mol. The van der Waals surface area contributed by atoms with Gasteiger partial charge in [-0.1, -0.05) is 6.07 Å². The average molecular weight is 369 g/mol. The number of aryl methyl sites for hydroxylation is 2. The number of amides is 1. The Kier molecular flexibility index (Phi) is 5.11. The van der Waals surface area contributed by atoms with Crippen molar-refractivity contribution in [3.8, 4) is 0 Å². The second kappa shape index (κ2) is 7.17. The largest absolute Gasteiger partial charge is 0.455 e. The molecule has 2 N–H and O–H groups in total. The Labute approximate surface area is 150 Å². The van der Waals surface area contributed by atoms with Gasteiger partial charge in [0, 0.05) is 11.7 Å². The topological polar surface area (TPSA) is 62.7 Å². The maximum Gasteiger partial charge on any atom is 0.411 e. The fourth-order valence-corrected chi connectivity index (χ4v) is 2.93. The molecule has 1 fully saturated rings. The van der Waals surface area contributed by atoms with Gasteiger partial charge in [-0.2, -0.15) is 13.2 Å². The Morgan fingerprint density at radius 3 is 2.65 bits per heavy atom. The van der Waals surface area contributed by atoms with Crippen molar-refractivity contribution in [2.45, 2.75) is 51.4 Å². The maximum atomic E-state index is 13.1. The van der Waals surface area contributed by atoms with Gasteiger partial charge in [0.25, 0.3) is 11.9 Å². The number of carbonyl (C=O) groups excluding carboxylic acids is 1. The molecule has 1 saturated carbocycles. The number of hydrogen-bond donors (Lipinski definition) is 2. The summed E-state index contributed by atoms with van der Waals surface area (Å²) < 4.78 is 44.4. The smallest absolute Gasteiger partial charge is 0.411 e. The quantitative estimate of drug-likeness (QED) is 0.856. The average Bonchev–Trinajstić information content (AvgIpc) is 3.40. The van der Waals surface area contributed by atoms with Crippen LogP contribution in [0.2, 0.25) is 0 Å². The Bertz CT molecular complexity index is 714. The first kappa shape index (κ1) is 18.5. The van der Waals surface area contributed by atoms with Crippen LogP contribution in [0.25, 0.3) is 0 Å². The van der Waals surface area contributed by atoms with Crippen LogP contribution in [-0.4, -0.2) is 36.8 Å². The Morgan fingerprint density at radius 1 is 1.31 bits per heavy atom. The molecule has 1 aliphatic carbocycles. The number of hydrogen-bond acceptors (Lipinski definition) is 4. The molecule has 26 heavy (non-hydrogen) atoms. The summed E-state index contributed by atoms with van der Waals surface area (Å²) in [6.07, 6.45) is -2.69. The van der Waals surface area contributed by atoms with E-state index in [9.17, 15) is 18.0 Å². The van der Waals surface area contributed by atoms with E-state index in [1.54, 1.807) is 6.07 Å². The second-order valence-corrected chi connectivity index (χ2v) is 6.95. The summed E-state index contributed by atoms with van der Waals surface area (Å²) in [5.74, 6) is -0.229. The molecule has 0 radical (unpaired) electrons. The third-order valence-electron chi connectivity index (χ3n) is 4.76. The zero-order chi connectivity index (χ0) is 18.9. The molecular weight excluding hydrogens is 347 g/mol. The molecule has 1 heterocycles. The Hall–Kier alpha value is -2.25. The lowest BCUT2D eigenvalue weighted by Crippen LogP contribution is -2.48. The maximum absolute atomic E-state index is 13.1. The summed E-state index contributed by atoms with van der Waals surface area (Å²) >= 11 is 0. The van der Waals surface area contributed by atoms with E-state index < -0.39 is 24.7 Å². The summed E-state index contributed by atoms with van der Waals surface area (Å²) in [6.45, 7) is 3.49. The van der Waals surface area contributed by atoms with Gasteiger partial charge in [-0.25, -0.2) is 4.99 Å². The number of nitrogens with one attached hydrogen (secondary N) is 2. The monoisotopic (exact) mass is 369 g/mol. The fraction of sp³-hybridized carbons (Fsp3) is 0.556. The number of carbonyl (C=O) groups is 1. The van der Waals surface area contributed by atoms with Crippen molar-refractivity contribution >= 4 is 17.6 Å². The van der Waals surface area contributed by atoms with Crippen LogP contribution in [0.3, 0.4) is 0 Å². The summed E-state index contributed by atoms with van der Waals surface area (Å²) in [5.41, 5.74) is 2.75. The van der Waals surface area contributed by atoms with E-state index >= 15 is 0 Å². The van der Waals surface area contributed by atoms with E-state index in [0.717, 1.165) is 24.0 Å². The number of anilines is 1. The van der Waals surface area contributed by atoms with Crippen LogP contribution >= 0.6 is 0 Å². The van der Waals surface area contributed by atoms with Crippen molar-refractivity contribution < 1.29 is 22.7 Å². The van der Waals surface area contributed by atoms with E-state index in [1.165, 1.54) is 0 Å². The zero-order valence-corrected chi connectivity index (χ0v) is 14.7. The third kappa shape index (κ3) is 4.68. The number of nitrogens with zero attached hydrogens (tertiary/aromatic N) is 1. The minimum atomic E-state index is -4.41. The molecule has 3 rings (SSSR count). The van der Waals surface area contributed by atoms with Crippen molar-refractivity contribution in [3.05, 3.63) is 29.3 Å². The van der Waals surface area contributed by atoms with Gasteiger partial charge in [-0.05, 0) is 62.3 Å². The number of alkyl halides is 3. The summed E-state index contributed by atoms with van der Waals surface area (Å²) in [7, 11) is 0. The fourth-order valence-electron chi connectivity index (χ4n) is 2.93. The van der Waals surface area contributed by atoms with Crippen molar-refractivity contribution in [2.24, 2.45) is 10.9 Å². The third-order valence-corrected chi connectivity index (χ3v) is 4.76. The molecule has 5 nitrogen and oxygen atoms in total. The molecule has 8 heteroatoms. The van der Waals surface area contributed by atoms with E-state index in [-0.39, 0.29) is 24.4 Å². The molecule has 2 aliphatic rings. The molecule has 1 aliphatic heterocycles. The molecular formula is C18H22F3N3O2. The van der Waals surface area contributed by atoms with Crippen LogP contribution < -0.4 is 10.6 Å². The van der Waals surface area contributed by atoms with Gasteiger partial charge in [0.2, 0.25) is 0 Å². The first-order valence-corrected chi connectivity index (χ1v) is 8.63. The van der Waals surface area contributed by atoms with Gasteiger partial charge < -0.3 is 15.4 Å². The molecule has 0 unspecified atom stereocenters. The van der Waals surface area contributed by atoms with Gasteiger partial charge in [0.1, 0.15) is 0 Å². The Morgan fingerprint density at radius 2 is 2.04 bits per heavy atom. The highest BCUT2D eigenvalue weighted by atomic mass is 19.4. The SMILES string of the molecule is Cc1ccc(NC(=O)COC2=N[C@@H](C(F)(F)F)C[C@H](C3CC3)N2)cc1C. The molecule has 2 atom stereocenters. The highest BCUT2D eigenvalue weighted by molar-refractivity contribution is 5.93. The lowest BCUT2D eigenvalue weighted by molar-refractivity contribution is -0.151. The number of ether oxygens (including phenoxy) is 1. The number of amidine groups is 1. The van der Waals surface area contributed by atoms with Gasteiger partial charge in [-0.3, -0.25) is 4.79 Å². The molecule has 0 saturated heterocycles. The normalized spacial score (nSPS) is 23.0. The van der Waals surface area contributed by atoms with Crippen molar-refractivity contribution in [1.82, 2.24) is 5.32 Å². The van der Waals surface area contributed by atoms with Crippen molar-refractivity contribution in [2.75, 3.05) is 11.9 Å². The Balaban J connectivity index is 1.58. The van der Waals surface area contributed by atoms with Crippen LogP contribution in [0.15, 0.2) is 23.2 Å². The zero-order valence-electron chi connectivity index (χ0n) is 14.7. The van der Waals surface area contributed by atoms with Gasteiger partial charge in [-0.15, -0.1) is 0 Å². The summed E-state index contributed by atoms with van der Waals surface area (Å²) in [5, 5.41) is 5.57. The number of halogens is 3. The van der Waals surface area contributed by atoms with Crippen LogP contribution in [0.1, 0.15) is 30.4 Å². The van der Waals surface area contributed by atoms with Crippen LogP contribution in [0.5, 0.6) is 0 Å². The molecule has 0 spiro atoms. The first-order chi connectivity index (χ1) is 12.2. The highest BCUT2D eigenvalue weighted by Crippen LogP contribution is 2.38. The standard InChI is InChI=1S/C18H22F3N3O2/c1-10-3-6-13(7-11(10)2)22-16(25)9-26-17-23-14(12-4-5-12)8-15(24-17)18(19,20)21/h3,6-7,12,14-15H,4-5,8-9H2,1-2H3,(H,22,25)(H,23,24)/t14-,15-/m1/s1. The lowest BCUT2D eigenvalue weighted by atomic mass is 10.0. The molecule has 1 aromatic carbocycles. The molecule has 0 bridgehead atoms.